The first-order valence-electron chi connectivity index (χ1n) is 5.52. The Bertz CT molecular complexity index is 462. The van der Waals surface area contributed by atoms with Crippen LogP contribution in [0.3, 0.4) is 0 Å². The summed E-state index contributed by atoms with van der Waals surface area (Å²) in [5.41, 5.74) is 0.493. The zero-order chi connectivity index (χ0) is 12.3. The topological polar surface area (TPSA) is 57.8 Å². The molecule has 0 spiro atoms. The molecule has 0 fully saturated rings. The fraction of sp³-hybridized carbons (Fsp3) is 0.333. The minimum atomic E-state index is -0.116. The number of hydrogen-bond acceptors (Lipinski definition) is 3. The van der Waals surface area contributed by atoms with Crippen LogP contribution in [0.5, 0.6) is 0 Å². The van der Waals surface area contributed by atoms with Gasteiger partial charge in [-0.15, -0.1) is 11.3 Å². The smallest absolute Gasteiger partial charge is 0.269 e. The largest absolute Gasteiger partial charge is 0.343 e. The summed E-state index contributed by atoms with van der Waals surface area (Å²) in [6, 6.07) is 5.76. The molecule has 0 saturated carbocycles. The van der Waals surface area contributed by atoms with Gasteiger partial charge in [0, 0.05) is 11.1 Å². The van der Waals surface area contributed by atoms with Crippen LogP contribution in [0, 0.1) is 5.92 Å². The average molecular weight is 249 g/mol. The van der Waals surface area contributed by atoms with Gasteiger partial charge in [-0.05, 0) is 23.4 Å². The zero-order valence-electron chi connectivity index (χ0n) is 9.81. The number of nitrogens with zero attached hydrogens (tertiary/aromatic N) is 1. The van der Waals surface area contributed by atoms with Gasteiger partial charge in [-0.3, -0.25) is 9.89 Å². The van der Waals surface area contributed by atoms with Crippen LogP contribution in [0.2, 0.25) is 0 Å². The number of nitrogens with one attached hydrogen (secondary N) is 2. The molecule has 0 bridgehead atoms. The number of carbonyl (C=O) groups is 1. The number of carbonyl (C=O) groups excluding carboxylic acids is 1. The number of amides is 1. The molecule has 0 unspecified atom stereocenters. The zero-order valence-corrected chi connectivity index (χ0v) is 10.6. The van der Waals surface area contributed by atoms with Gasteiger partial charge in [0.15, 0.2) is 0 Å². The maximum Gasteiger partial charge on any atom is 0.269 e. The van der Waals surface area contributed by atoms with Crippen LogP contribution in [-0.2, 0) is 0 Å². The van der Waals surface area contributed by atoms with E-state index >= 15 is 0 Å². The Kier molecular flexibility index (Phi) is 3.58. The summed E-state index contributed by atoms with van der Waals surface area (Å²) in [7, 11) is 0. The summed E-state index contributed by atoms with van der Waals surface area (Å²) in [6.07, 6.45) is 1.57. The molecule has 0 aromatic carbocycles. The molecular weight excluding hydrogens is 234 g/mol. The second-order valence-corrected chi connectivity index (χ2v) is 5.16. The van der Waals surface area contributed by atoms with E-state index < -0.39 is 0 Å². The van der Waals surface area contributed by atoms with Crippen molar-refractivity contribution in [2.45, 2.75) is 19.9 Å². The molecule has 0 aliphatic rings. The number of aromatic amines is 1. The first-order valence-corrected chi connectivity index (χ1v) is 6.40. The van der Waals surface area contributed by atoms with Gasteiger partial charge < -0.3 is 5.32 Å². The molecule has 2 N–H and O–H groups in total. The van der Waals surface area contributed by atoms with Crippen LogP contribution in [0.1, 0.15) is 35.3 Å². The standard InChI is InChI=1S/C12H15N3OS/c1-8(2)11(10-4-3-7-17-10)14-12(16)9-5-6-13-15-9/h3-8,11H,1-2H3,(H,13,15)(H,14,16)/t11-/m1/s1. The molecule has 2 aromatic rings. The average Bonchev–Trinajstić information content (AvgIpc) is 2.97. The van der Waals surface area contributed by atoms with Gasteiger partial charge in [-0.2, -0.15) is 5.10 Å². The number of hydrogen-bond donors (Lipinski definition) is 2. The molecule has 4 nitrogen and oxygen atoms in total. The normalized spacial score (nSPS) is 12.6. The molecule has 1 amide bonds. The lowest BCUT2D eigenvalue weighted by molar-refractivity contribution is 0.0921. The Morgan fingerprint density at radius 3 is 2.82 bits per heavy atom. The molecule has 0 aliphatic heterocycles. The Balaban J connectivity index is 2.12. The first kappa shape index (κ1) is 11.9. The van der Waals surface area contributed by atoms with E-state index in [2.05, 4.69) is 29.4 Å². The Hall–Kier alpha value is -1.62. The summed E-state index contributed by atoms with van der Waals surface area (Å²) in [5, 5.41) is 11.5. The molecule has 90 valence electrons. The number of aromatic nitrogens is 2. The van der Waals surface area contributed by atoms with Crippen molar-refractivity contribution in [3.8, 4) is 0 Å². The second-order valence-electron chi connectivity index (χ2n) is 4.18. The van der Waals surface area contributed by atoms with Crippen LogP contribution in [0.15, 0.2) is 29.8 Å². The second kappa shape index (κ2) is 5.14. The van der Waals surface area contributed by atoms with Gasteiger partial charge >= 0.3 is 0 Å². The fourth-order valence-corrected chi connectivity index (χ4v) is 2.58. The van der Waals surface area contributed by atoms with E-state index in [1.54, 1.807) is 23.6 Å². The van der Waals surface area contributed by atoms with E-state index in [4.69, 9.17) is 0 Å². The molecule has 5 heteroatoms. The summed E-state index contributed by atoms with van der Waals surface area (Å²) in [5.74, 6) is 0.232. The SMILES string of the molecule is CC(C)[C@@H](NC(=O)c1ccn[nH]1)c1cccs1. The van der Waals surface area contributed by atoms with Gasteiger partial charge in [0.05, 0.1) is 6.04 Å². The summed E-state index contributed by atoms with van der Waals surface area (Å²) >= 11 is 1.66. The Morgan fingerprint density at radius 1 is 1.47 bits per heavy atom. The lowest BCUT2D eigenvalue weighted by Crippen LogP contribution is -2.31. The van der Waals surface area contributed by atoms with E-state index in [9.17, 15) is 4.79 Å². The minimum absolute atomic E-state index is 0.0470. The highest BCUT2D eigenvalue weighted by Crippen LogP contribution is 2.25. The fourth-order valence-electron chi connectivity index (χ4n) is 1.64. The molecule has 0 saturated heterocycles. The van der Waals surface area contributed by atoms with E-state index in [1.807, 2.05) is 17.5 Å². The van der Waals surface area contributed by atoms with E-state index in [-0.39, 0.29) is 11.9 Å². The van der Waals surface area contributed by atoms with Crippen molar-refractivity contribution >= 4 is 17.2 Å². The predicted octanol–water partition coefficient (Wildman–Crippen LogP) is 2.60. The van der Waals surface area contributed by atoms with Crippen LogP contribution >= 0.6 is 11.3 Å². The monoisotopic (exact) mass is 249 g/mol. The van der Waals surface area contributed by atoms with Crippen molar-refractivity contribution < 1.29 is 4.79 Å². The van der Waals surface area contributed by atoms with Crippen molar-refractivity contribution in [2.24, 2.45) is 5.92 Å². The van der Waals surface area contributed by atoms with Crippen molar-refractivity contribution in [3.63, 3.8) is 0 Å². The van der Waals surface area contributed by atoms with E-state index in [0.29, 0.717) is 11.6 Å². The molecule has 17 heavy (non-hydrogen) atoms. The van der Waals surface area contributed by atoms with Crippen LogP contribution < -0.4 is 5.32 Å². The maximum atomic E-state index is 11.9. The molecule has 2 heterocycles. The van der Waals surface area contributed by atoms with E-state index in [0.717, 1.165) is 0 Å². The molecule has 2 rings (SSSR count). The third-order valence-electron chi connectivity index (χ3n) is 2.55. The van der Waals surface area contributed by atoms with Gasteiger partial charge in [0.25, 0.3) is 5.91 Å². The number of rotatable bonds is 4. The van der Waals surface area contributed by atoms with Gasteiger partial charge in [-0.25, -0.2) is 0 Å². The summed E-state index contributed by atoms with van der Waals surface area (Å²) in [4.78, 5) is 13.1. The van der Waals surface area contributed by atoms with Crippen LogP contribution in [0.4, 0.5) is 0 Å². The summed E-state index contributed by atoms with van der Waals surface area (Å²) < 4.78 is 0. The quantitative estimate of drug-likeness (QED) is 0.875. The lowest BCUT2D eigenvalue weighted by atomic mass is 10.0. The predicted molar refractivity (Wildman–Crippen MR) is 68.0 cm³/mol. The Morgan fingerprint density at radius 2 is 2.29 bits per heavy atom. The molecule has 0 aliphatic carbocycles. The lowest BCUT2D eigenvalue weighted by Gasteiger charge is -2.20. The van der Waals surface area contributed by atoms with Gasteiger partial charge in [0.2, 0.25) is 0 Å². The highest BCUT2D eigenvalue weighted by Gasteiger charge is 2.20. The van der Waals surface area contributed by atoms with E-state index in [1.165, 1.54) is 4.88 Å². The number of thiophene rings is 1. The van der Waals surface area contributed by atoms with Crippen LogP contribution in [0.25, 0.3) is 0 Å². The van der Waals surface area contributed by atoms with Crippen molar-refractivity contribution in [1.29, 1.82) is 0 Å². The third-order valence-corrected chi connectivity index (χ3v) is 3.50. The first-order chi connectivity index (χ1) is 8.18. The van der Waals surface area contributed by atoms with Crippen molar-refractivity contribution in [1.82, 2.24) is 15.5 Å². The molecule has 0 radical (unpaired) electrons. The highest BCUT2D eigenvalue weighted by atomic mass is 32.1. The summed E-state index contributed by atoms with van der Waals surface area (Å²) in [6.45, 7) is 4.19. The molecule has 2 aromatic heterocycles. The third kappa shape index (κ3) is 2.74. The molecule has 1 atom stereocenters. The Labute approximate surface area is 104 Å². The molecular formula is C12H15N3OS. The van der Waals surface area contributed by atoms with Crippen molar-refractivity contribution in [3.05, 3.63) is 40.3 Å². The highest BCUT2D eigenvalue weighted by molar-refractivity contribution is 7.10. The maximum absolute atomic E-state index is 11.9. The van der Waals surface area contributed by atoms with Crippen LogP contribution in [-0.4, -0.2) is 16.1 Å². The van der Waals surface area contributed by atoms with Gasteiger partial charge in [-0.1, -0.05) is 19.9 Å². The number of H-pyrrole nitrogens is 1. The van der Waals surface area contributed by atoms with Crippen molar-refractivity contribution in [2.75, 3.05) is 0 Å². The van der Waals surface area contributed by atoms with Gasteiger partial charge in [0.1, 0.15) is 5.69 Å². The minimum Gasteiger partial charge on any atom is -0.343 e.